The van der Waals surface area contributed by atoms with Crippen molar-refractivity contribution in [3.8, 4) is 5.75 Å². The molecule has 1 N–H and O–H groups in total. The van der Waals surface area contributed by atoms with Crippen molar-refractivity contribution in [2.24, 2.45) is 4.99 Å². The smallest absolute Gasteiger partial charge is 0.409 e. The number of amides is 1. The first-order valence-corrected chi connectivity index (χ1v) is 8.68. The molecule has 0 unspecified atom stereocenters. The quantitative estimate of drug-likeness (QED) is 0.401. The molecule has 0 spiro atoms. The van der Waals surface area contributed by atoms with E-state index in [1.807, 2.05) is 19.1 Å². The maximum Gasteiger partial charge on any atom is 0.409 e. The molecule has 0 aliphatic carbocycles. The summed E-state index contributed by atoms with van der Waals surface area (Å²) in [4.78, 5) is 20.0. The summed E-state index contributed by atoms with van der Waals surface area (Å²) in [6.07, 6.45) is 0.677. The number of ether oxygens (including phenoxy) is 2. The zero-order valence-electron chi connectivity index (χ0n) is 15.7. The molecule has 26 heavy (non-hydrogen) atoms. The second-order valence-corrected chi connectivity index (χ2v) is 5.75. The SMILES string of the molecule is CCOC(=O)N1CCN(C(=NC)NCCc2ccc(OC)cc2)CC1.I. The Bertz CT molecular complexity index is 572. The molecule has 146 valence electrons. The van der Waals surface area contributed by atoms with E-state index in [4.69, 9.17) is 9.47 Å². The van der Waals surface area contributed by atoms with Crippen molar-refractivity contribution in [3.63, 3.8) is 0 Å². The highest BCUT2D eigenvalue weighted by molar-refractivity contribution is 14.0. The molecule has 0 bridgehead atoms. The number of nitrogens with zero attached hydrogens (tertiary/aromatic N) is 3. The number of carbonyl (C=O) groups excluding carboxylic acids is 1. The summed E-state index contributed by atoms with van der Waals surface area (Å²) in [5, 5.41) is 3.40. The molecule has 1 amide bonds. The summed E-state index contributed by atoms with van der Waals surface area (Å²) in [7, 11) is 3.45. The van der Waals surface area contributed by atoms with Crippen LogP contribution in [0.2, 0.25) is 0 Å². The topological polar surface area (TPSA) is 66.4 Å². The molecule has 1 fully saturated rings. The average Bonchev–Trinajstić information content (AvgIpc) is 2.66. The lowest BCUT2D eigenvalue weighted by atomic mass is 10.1. The van der Waals surface area contributed by atoms with Gasteiger partial charge in [-0.2, -0.15) is 0 Å². The number of hydrogen-bond donors (Lipinski definition) is 1. The van der Waals surface area contributed by atoms with Crippen molar-refractivity contribution < 1.29 is 14.3 Å². The molecular weight excluding hydrogens is 447 g/mol. The Morgan fingerprint density at radius 2 is 1.77 bits per heavy atom. The van der Waals surface area contributed by atoms with Gasteiger partial charge >= 0.3 is 6.09 Å². The van der Waals surface area contributed by atoms with Gasteiger partial charge in [-0.1, -0.05) is 12.1 Å². The number of nitrogens with one attached hydrogen (secondary N) is 1. The molecule has 1 aromatic carbocycles. The zero-order valence-corrected chi connectivity index (χ0v) is 18.1. The van der Waals surface area contributed by atoms with Gasteiger partial charge in [0.25, 0.3) is 0 Å². The number of guanidine groups is 1. The first-order chi connectivity index (χ1) is 12.2. The lowest BCUT2D eigenvalue weighted by Gasteiger charge is -2.35. The van der Waals surface area contributed by atoms with Crippen LogP contribution in [0.15, 0.2) is 29.3 Å². The third kappa shape index (κ3) is 6.54. The molecule has 1 saturated heterocycles. The molecule has 0 radical (unpaired) electrons. The van der Waals surface area contributed by atoms with Crippen LogP contribution in [-0.4, -0.2) is 75.3 Å². The second kappa shape index (κ2) is 11.8. The predicted molar refractivity (Wildman–Crippen MR) is 114 cm³/mol. The van der Waals surface area contributed by atoms with Gasteiger partial charge in [0.15, 0.2) is 5.96 Å². The van der Waals surface area contributed by atoms with Crippen LogP contribution in [-0.2, 0) is 11.2 Å². The van der Waals surface area contributed by atoms with E-state index in [1.165, 1.54) is 5.56 Å². The highest BCUT2D eigenvalue weighted by Crippen LogP contribution is 2.11. The lowest BCUT2D eigenvalue weighted by Crippen LogP contribution is -2.54. The molecule has 8 heteroatoms. The van der Waals surface area contributed by atoms with Gasteiger partial charge in [-0.05, 0) is 31.0 Å². The minimum atomic E-state index is -0.232. The molecule has 0 aromatic heterocycles. The van der Waals surface area contributed by atoms with Gasteiger partial charge in [-0.15, -0.1) is 24.0 Å². The van der Waals surface area contributed by atoms with Crippen molar-refractivity contribution in [1.29, 1.82) is 0 Å². The number of benzene rings is 1. The van der Waals surface area contributed by atoms with E-state index in [0.717, 1.165) is 37.8 Å². The van der Waals surface area contributed by atoms with E-state index in [0.29, 0.717) is 19.7 Å². The summed E-state index contributed by atoms with van der Waals surface area (Å²) in [6, 6.07) is 8.08. The van der Waals surface area contributed by atoms with E-state index >= 15 is 0 Å². The highest BCUT2D eigenvalue weighted by atomic mass is 127. The average molecular weight is 476 g/mol. The third-order valence-corrected chi connectivity index (χ3v) is 4.17. The Hall–Kier alpha value is -1.71. The van der Waals surface area contributed by atoms with Crippen molar-refractivity contribution in [3.05, 3.63) is 29.8 Å². The second-order valence-electron chi connectivity index (χ2n) is 5.75. The standard InChI is InChI=1S/C18H28N4O3.HI/c1-4-25-18(23)22-13-11-21(12-14-22)17(19-2)20-10-9-15-5-7-16(24-3)8-6-15;/h5-8H,4,9-14H2,1-3H3,(H,19,20);1H. The lowest BCUT2D eigenvalue weighted by molar-refractivity contribution is 0.0915. The van der Waals surface area contributed by atoms with E-state index in [9.17, 15) is 4.79 Å². The monoisotopic (exact) mass is 476 g/mol. The molecule has 1 aliphatic heterocycles. The molecule has 1 aromatic rings. The van der Waals surface area contributed by atoms with Crippen LogP contribution in [0, 0.1) is 0 Å². The normalized spacial score (nSPS) is 14.5. The summed E-state index contributed by atoms with van der Waals surface area (Å²) in [6.45, 7) is 5.84. The molecule has 2 rings (SSSR count). The summed E-state index contributed by atoms with van der Waals surface area (Å²) in [5.41, 5.74) is 1.25. The van der Waals surface area contributed by atoms with Crippen LogP contribution < -0.4 is 10.1 Å². The zero-order chi connectivity index (χ0) is 18.1. The number of halogens is 1. The van der Waals surface area contributed by atoms with Gasteiger partial charge < -0.3 is 24.6 Å². The van der Waals surface area contributed by atoms with Crippen LogP contribution >= 0.6 is 24.0 Å². The number of carbonyl (C=O) groups is 1. The maximum absolute atomic E-state index is 11.7. The maximum atomic E-state index is 11.7. The van der Waals surface area contributed by atoms with Gasteiger partial charge in [0, 0.05) is 39.8 Å². The van der Waals surface area contributed by atoms with E-state index in [-0.39, 0.29) is 30.1 Å². The number of hydrogen-bond acceptors (Lipinski definition) is 4. The number of piperazine rings is 1. The van der Waals surface area contributed by atoms with Crippen molar-refractivity contribution in [1.82, 2.24) is 15.1 Å². The Labute approximate surface area is 172 Å². The first kappa shape index (κ1) is 22.3. The van der Waals surface area contributed by atoms with Crippen LogP contribution in [0.1, 0.15) is 12.5 Å². The van der Waals surface area contributed by atoms with Crippen molar-refractivity contribution >= 4 is 36.0 Å². The fourth-order valence-electron chi connectivity index (χ4n) is 2.76. The fraction of sp³-hybridized carbons (Fsp3) is 0.556. The Morgan fingerprint density at radius 3 is 2.31 bits per heavy atom. The van der Waals surface area contributed by atoms with Crippen LogP contribution in [0.5, 0.6) is 5.75 Å². The number of aliphatic imine (C=N–C) groups is 1. The third-order valence-electron chi connectivity index (χ3n) is 4.17. The van der Waals surface area contributed by atoms with Gasteiger partial charge in [0.2, 0.25) is 0 Å². The summed E-state index contributed by atoms with van der Waals surface area (Å²) < 4.78 is 10.2. The van der Waals surface area contributed by atoms with Gasteiger partial charge in [-0.3, -0.25) is 4.99 Å². The summed E-state index contributed by atoms with van der Waals surface area (Å²) in [5.74, 6) is 1.74. The minimum Gasteiger partial charge on any atom is -0.497 e. The minimum absolute atomic E-state index is 0. The largest absolute Gasteiger partial charge is 0.497 e. The number of methoxy groups -OCH3 is 1. The van der Waals surface area contributed by atoms with Crippen LogP contribution in [0.3, 0.4) is 0 Å². The van der Waals surface area contributed by atoms with E-state index in [1.54, 1.807) is 19.1 Å². The van der Waals surface area contributed by atoms with Gasteiger partial charge in [0.05, 0.1) is 13.7 Å². The Kier molecular flexibility index (Phi) is 10.2. The van der Waals surface area contributed by atoms with E-state index < -0.39 is 0 Å². The number of rotatable bonds is 5. The van der Waals surface area contributed by atoms with E-state index in [2.05, 4.69) is 27.3 Å². The molecule has 1 heterocycles. The first-order valence-electron chi connectivity index (χ1n) is 8.68. The Morgan fingerprint density at radius 1 is 1.15 bits per heavy atom. The van der Waals surface area contributed by atoms with Crippen LogP contribution in [0.4, 0.5) is 4.79 Å². The van der Waals surface area contributed by atoms with Crippen molar-refractivity contribution in [2.75, 3.05) is 53.5 Å². The molecule has 1 aliphatic rings. The predicted octanol–water partition coefficient (Wildman–Crippen LogP) is 2.21. The Balaban J connectivity index is 0.00000338. The van der Waals surface area contributed by atoms with Gasteiger partial charge in [0.1, 0.15) is 5.75 Å². The van der Waals surface area contributed by atoms with Gasteiger partial charge in [-0.25, -0.2) is 4.79 Å². The van der Waals surface area contributed by atoms with Crippen LogP contribution in [0.25, 0.3) is 0 Å². The summed E-state index contributed by atoms with van der Waals surface area (Å²) >= 11 is 0. The molecule has 0 saturated carbocycles. The molecular formula is C18H29IN4O3. The molecule has 7 nitrogen and oxygen atoms in total. The van der Waals surface area contributed by atoms with Crippen molar-refractivity contribution in [2.45, 2.75) is 13.3 Å². The fourth-order valence-corrected chi connectivity index (χ4v) is 2.76. The highest BCUT2D eigenvalue weighted by Gasteiger charge is 2.23. The molecule has 0 atom stereocenters.